The minimum Gasteiger partial charge on any atom is -0.467 e. The molecule has 110 valence electrons. The number of nitrogens with zero attached hydrogens (tertiary/aromatic N) is 1. The van der Waals surface area contributed by atoms with E-state index in [9.17, 15) is 14.7 Å². The number of hydrogen-bond donors (Lipinski definition) is 2. The zero-order chi connectivity index (χ0) is 15.4. The molecule has 0 fully saturated rings. The molecule has 0 spiro atoms. The standard InChI is InChI=1S/C14H13ClN2O4/c1-21-14(20)12(18)7-16-13(19)11-6-9(15)8-4-2-3-5-10(8)17-11/h2-6,12,18H,7H2,1H3,(H,16,19). The van der Waals surface area contributed by atoms with Gasteiger partial charge in [-0.1, -0.05) is 29.8 Å². The molecule has 2 N–H and O–H groups in total. The maximum Gasteiger partial charge on any atom is 0.336 e. The molecule has 0 radical (unpaired) electrons. The molecule has 21 heavy (non-hydrogen) atoms. The second-order valence-electron chi connectivity index (χ2n) is 4.26. The van der Waals surface area contributed by atoms with Gasteiger partial charge in [-0.05, 0) is 12.1 Å². The number of esters is 1. The number of pyridine rings is 1. The van der Waals surface area contributed by atoms with E-state index in [0.717, 1.165) is 12.5 Å². The molecule has 0 bridgehead atoms. The van der Waals surface area contributed by atoms with Gasteiger partial charge in [-0.15, -0.1) is 0 Å². The third kappa shape index (κ3) is 3.48. The molecule has 1 atom stereocenters. The first kappa shape index (κ1) is 15.2. The first-order valence-corrected chi connectivity index (χ1v) is 6.50. The van der Waals surface area contributed by atoms with Crippen molar-refractivity contribution in [2.75, 3.05) is 13.7 Å². The minimum atomic E-state index is -1.42. The summed E-state index contributed by atoms with van der Waals surface area (Å²) in [6.45, 7) is -0.266. The average Bonchev–Trinajstić information content (AvgIpc) is 2.51. The number of ether oxygens (including phenoxy) is 1. The fourth-order valence-electron chi connectivity index (χ4n) is 1.75. The Kier molecular flexibility index (Phi) is 4.72. The predicted octanol–water partition coefficient (Wildman–Crippen LogP) is 1.15. The molecule has 0 saturated heterocycles. The van der Waals surface area contributed by atoms with E-state index in [4.69, 9.17) is 11.6 Å². The Morgan fingerprint density at radius 2 is 2.14 bits per heavy atom. The van der Waals surface area contributed by atoms with Gasteiger partial charge >= 0.3 is 5.97 Å². The van der Waals surface area contributed by atoms with E-state index in [0.29, 0.717) is 10.5 Å². The molecule has 0 aliphatic heterocycles. The van der Waals surface area contributed by atoms with Gasteiger partial charge < -0.3 is 15.2 Å². The van der Waals surface area contributed by atoms with Crippen molar-refractivity contribution in [1.82, 2.24) is 10.3 Å². The number of benzene rings is 1. The van der Waals surface area contributed by atoms with E-state index < -0.39 is 18.0 Å². The van der Waals surface area contributed by atoms with E-state index in [1.807, 2.05) is 6.07 Å². The van der Waals surface area contributed by atoms with Crippen LogP contribution in [0.25, 0.3) is 10.9 Å². The summed E-state index contributed by atoms with van der Waals surface area (Å²) < 4.78 is 4.35. The smallest absolute Gasteiger partial charge is 0.336 e. The number of para-hydroxylation sites is 1. The summed E-state index contributed by atoms with van der Waals surface area (Å²) >= 11 is 6.10. The lowest BCUT2D eigenvalue weighted by atomic mass is 10.2. The van der Waals surface area contributed by atoms with Crippen molar-refractivity contribution < 1.29 is 19.4 Å². The molecule has 6 nitrogen and oxygen atoms in total. The monoisotopic (exact) mass is 308 g/mol. The van der Waals surface area contributed by atoms with Crippen LogP contribution in [0.2, 0.25) is 5.02 Å². The van der Waals surface area contributed by atoms with E-state index in [-0.39, 0.29) is 12.2 Å². The second kappa shape index (κ2) is 6.51. The van der Waals surface area contributed by atoms with E-state index in [1.54, 1.807) is 18.2 Å². The van der Waals surface area contributed by atoms with Crippen LogP contribution < -0.4 is 5.32 Å². The summed E-state index contributed by atoms with van der Waals surface area (Å²) in [5.74, 6) is -1.36. The number of amides is 1. The molecule has 1 heterocycles. The number of hydrogen-bond acceptors (Lipinski definition) is 5. The number of aromatic nitrogens is 1. The van der Waals surface area contributed by atoms with Crippen LogP contribution >= 0.6 is 11.6 Å². The summed E-state index contributed by atoms with van der Waals surface area (Å²) in [7, 11) is 1.15. The molecule has 1 aromatic heterocycles. The van der Waals surface area contributed by atoms with Crippen LogP contribution in [-0.4, -0.2) is 41.7 Å². The molecule has 1 aromatic carbocycles. The summed E-state index contributed by atoms with van der Waals surface area (Å²) in [5, 5.41) is 12.9. The van der Waals surface area contributed by atoms with Crippen LogP contribution in [0.5, 0.6) is 0 Å². The molecule has 1 unspecified atom stereocenters. The number of aliphatic hydroxyl groups excluding tert-OH is 1. The topological polar surface area (TPSA) is 88.5 Å². The Labute approximate surface area is 125 Å². The number of methoxy groups -OCH3 is 1. The Balaban J connectivity index is 2.15. The van der Waals surface area contributed by atoms with Crippen molar-refractivity contribution in [3.63, 3.8) is 0 Å². The third-order valence-corrected chi connectivity index (χ3v) is 3.14. The summed E-state index contributed by atoms with van der Waals surface area (Å²) in [6.07, 6.45) is -1.42. The molecule has 7 heteroatoms. The molecule has 0 saturated carbocycles. The average molecular weight is 309 g/mol. The fourth-order valence-corrected chi connectivity index (χ4v) is 2.01. The number of aliphatic hydroxyl groups is 1. The number of carbonyl (C=O) groups excluding carboxylic acids is 2. The van der Waals surface area contributed by atoms with Gasteiger partial charge in [-0.25, -0.2) is 9.78 Å². The van der Waals surface area contributed by atoms with Crippen molar-refractivity contribution in [1.29, 1.82) is 0 Å². The summed E-state index contributed by atoms with van der Waals surface area (Å²) in [4.78, 5) is 27.2. The van der Waals surface area contributed by atoms with Crippen LogP contribution in [0.1, 0.15) is 10.5 Å². The number of halogens is 1. The van der Waals surface area contributed by atoms with Gasteiger partial charge in [0.05, 0.1) is 24.2 Å². The van der Waals surface area contributed by atoms with Gasteiger partial charge in [0.1, 0.15) is 5.69 Å². The zero-order valence-electron chi connectivity index (χ0n) is 11.2. The maximum atomic E-state index is 12.0. The Bertz CT molecular complexity index is 690. The maximum absolute atomic E-state index is 12.0. The first-order chi connectivity index (χ1) is 10.0. The zero-order valence-corrected chi connectivity index (χ0v) is 11.9. The normalized spacial score (nSPS) is 12.0. The highest BCUT2D eigenvalue weighted by Crippen LogP contribution is 2.22. The molecule has 2 rings (SSSR count). The van der Waals surface area contributed by atoms with Crippen LogP contribution in [0.15, 0.2) is 30.3 Å². The Morgan fingerprint density at radius 3 is 2.86 bits per heavy atom. The number of carbonyl (C=O) groups is 2. The number of nitrogens with one attached hydrogen (secondary N) is 1. The molecule has 0 aliphatic rings. The highest BCUT2D eigenvalue weighted by atomic mass is 35.5. The van der Waals surface area contributed by atoms with Crippen molar-refractivity contribution in [3.05, 3.63) is 41.0 Å². The van der Waals surface area contributed by atoms with Crippen LogP contribution in [-0.2, 0) is 9.53 Å². The van der Waals surface area contributed by atoms with Crippen molar-refractivity contribution in [2.24, 2.45) is 0 Å². The van der Waals surface area contributed by atoms with Crippen molar-refractivity contribution in [2.45, 2.75) is 6.10 Å². The Morgan fingerprint density at radius 1 is 1.43 bits per heavy atom. The van der Waals surface area contributed by atoms with Crippen molar-refractivity contribution >= 4 is 34.4 Å². The van der Waals surface area contributed by atoms with E-state index in [1.165, 1.54) is 6.07 Å². The fraction of sp³-hybridized carbons (Fsp3) is 0.214. The molecule has 2 aromatic rings. The van der Waals surface area contributed by atoms with E-state index >= 15 is 0 Å². The highest BCUT2D eigenvalue weighted by Gasteiger charge is 2.18. The largest absolute Gasteiger partial charge is 0.467 e. The van der Waals surface area contributed by atoms with Gasteiger partial charge in [0, 0.05) is 5.39 Å². The third-order valence-electron chi connectivity index (χ3n) is 2.83. The van der Waals surface area contributed by atoms with Crippen LogP contribution in [0, 0.1) is 0 Å². The molecule has 1 amide bonds. The van der Waals surface area contributed by atoms with E-state index in [2.05, 4.69) is 15.0 Å². The Hall–Kier alpha value is -2.18. The SMILES string of the molecule is COC(=O)C(O)CNC(=O)c1cc(Cl)c2ccccc2n1. The first-order valence-electron chi connectivity index (χ1n) is 6.12. The molecular formula is C14H13ClN2O4. The minimum absolute atomic E-state index is 0.107. The number of rotatable bonds is 4. The predicted molar refractivity (Wildman–Crippen MR) is 77.1 cm³/mol. The highest BCUT2D eigenvalue weighted by molar-refractivity contribution is 6.35. The van der Waals surface area contributed by atoms with Gasteiger partial charge in [-0.3, -0.25) is 4.79 Å². The van der Waals surface area contributed by atoms with Gasteiger partial charge in [-0.2, -0.15) is 0 Å². The second-order valence-corrected chi connectivity index (χ2v) is 4.66. The van der Waals surface area contributed by atoms with Gasteiger partial charge in [0.25, 0.3) is 5.91 Å². The van der Waals surface area contributed by atoms with Crippen LogP contribution in [0.3, 0.4) is 0 Å². The lowest BCUT2D eigenvalue weighted by Gasteiger charge is -2.10. The lowest BCUT2D eigenvalue weighted by Crippen LogP contribution is -2.37. The number of fused-ring (bicyclic) bond motifs is 1. The van der Waals surface area contributed by atoms with Gasteiger partial charge in [0.15, 0.2) is 6.10 Å². The van der Waals surface area contributed by atoms with Gasteiger partial charge in [0.2, 0.25) is 0 Å². The molecule has 0 aliphatic carbocycles. The quantitative estimate of drug-likeness (QED) is 0.827. The molecular weight excluding hydrogens is 296 g/mol. The lowest BCUT2D eigenvalue weighted by molar-refractivity contribution is -0.149. The van der Waals surface area contributed by atoms with Crippen LogP contribution in [0.4, 0.5) is 0 Å². The summed E-state index contributed by atoms with van der Waals surface area (Å²) in [6, 6.07) is 8.58. The van der Waals surface area contributed by atoms with Crippen molar-refractivity contribution in [3.8, 4) is 0 Å². The summed E-state index contributed by atoms with van der Waals surface area (Å²) in [5.41, 5.74) is 0.694.